The van der Waals surface area contributed by atoms with Crippen LogP contribution in [0, 0.1) is 29.6 Å². The molecule has 0 radical (unpaired) electrons. The number of hydrazine groups is 1. The van der Waals surface area contributed by atoms with E-state index in [4.69, 9.17) is 32.7 Å². The van der Waals surface area contributed by atoms with E-state index >= 15 is 4.79 Å². The van der Waals surface area contributed by atoms with Gasteiger partial charge in [0.15, 0.2) is 17.3 Å². The number of fused-ring (bicyclic) bond motifs is 4. The SMILES string of the molecule is COc1cc(C=C[C@H]2C3=CC[C@@H]4C(=O)N(c5cccc(B(O)O)c5)C(=O)[C@@H]4[C@@H]3C[C@H]3C(=O)N(Nc4ncc(C(F)(F)F)cc4Cl)C(=O)[C@@]23c2ccc(Cl)cc2)cc(OC)c1O. The summed E-state index contributed by atoms with van der Waals surface area (Å²) in [6, 6.07) is 15.7. The maximum absolute atomic E-state index is 15.4. The molecule has 4 aromatic rings. The van der Waals surface area contributed by atoms with Gasteiger partial charge in [0.25, 0.3) is 11.8 Å². The van der Waals surface area contributed by atoms with Crippen LogP contribution in [0.3, 0.4) is 0 Å². The van der Waals surface area contributed by atoms with Crippen molar-refractivity contribution in [2.45, 2.75) is 24.4 Å². The topological polar surface area (TPSA) is 179 Å². The maximum Gasteiger partial charge on any atom is 0.488 e. The largest absolute Gasteiger partial charge is 0.502 e. The second-order valence-corrected chi connectivity index (χ2v) is 15.9. The monoisotopic (exact) mass is 876 g/mol. The number of allylic oxidation sites excluding steroid dienone is 3. The molecular formula is C42H34BCl2F3N4O9. The molecule has 4 aliphatic rings. The van der Waals surface area contributed by atoms with Crippen molar-refractivity contribution in [3.05, 3.63) is 117 Å². The van der Waals surface area contributed by atoms with Gasteiger partial charge in [-0.25, -0.2) is 4.98 Å². The minimum atomic E-state index is -4.79. The van der Waals surface area contributed by atoms with Gasteiger partial charge in [-0.2, -0.15) is 18.2 Å². The summed E-state index contributed by atoms with van der Waals surface area (Å²) in [7, 11) is 0.828. The maximum atomic E-state index is 15.4. The van der Waals surface area contributed by atoms with Crippen LogP contribution in [0.1, 0.15) is 29.5 Å². The molecule has 3 heterocycles. The standard InChI is InChI=1S/C42H34BCl2F3N4O9/c1-60-32-14-20(15-33(61-2)35(32)53)6-13-29-26-11-12-27-34(39(56)51(37(27)54)25-5-3-4-23(17-25)43(58)59)28(26)18-30-38(55)52(40(57)41(29,30)21-7-9-24(44)10-8-21)50-36-31(45)16-22(19-49-36)42(46,47)48/h3-11,13-17,19,27-30,34,53,58-59H,12,18H2,1-2H3,(H,49,50)/t27-,28+,29-,30-,34-,41-/m0/s1. The average molecular weight is 877 g/mol. The molecule has 314 valence electrons. The number of anilines is 2. The van der Waals surface area contributed by atoms with Crippen molar-refractivity contribution in [3.8, 4) is 17.2 Å². The van der Waals surface area contributed by atoms with Gasteiger partial charge in [0.2, 0.25) is 17.6 Å². The fourth-order valence-electron chi connectivity index (χ4n) is 9.33. The van der Waals surface area contributed by atoms with Gasteiger partial charge in [0.1, 0.15) is 0 Å². The number of hydrogen-bond acceptors (Lipinski definition) is 11. The van der Waals surface area contributed by atoms with Gasteiger partial charge in [-0.3, -0.25) is 29.5 Å². The highest BCUT2D eigenvalue weighted by Gasteiger charge is 2.69. The molecule has 1 saturated carbocycles. The van der Waals surface area contributed by atoms with Gasteiger partial charge < -0.3 is 24.6 Å². The molecule has 2 aliphatic heterocycles. The Morgan fingerprint density at radius 1 is 0.934 bits per heavy atom. The molecule has 1 aromatic heterocycles. The quantitative estimate of drug-likeness (QED) is 0.0943. The summed E-state index contributed by atoms with van der Waals surface area (Å²) in [6.45, 7) is 0. The van der Waals surface area contributed by atoms with Crippen LogP contribution in [-0.4, -0.2) is 70.1 Å². The Balaban J connectivity index is 1.30. The number of amides is 4. The van der Waals surface area contributed by atoms with Crippen LogP contribution in [0.5, 0.6) is 17.2 Å². The number of nitrogens with zero attached hydrogens (tertiary/aromatic N) is 3. The second-order valence-electron chi connectivity index (χ2n) is 15.1. The lowest BCUT2D eigenvalue weighted by atomic mass is 9.50. The molecule has 6 atom stereocenters. The Bertz CT molecular complexity index is 2530. The van der Waals surface area contributed by atoms with Crippen molar-refractivity contribution in [1.29, 1.82) is 0 Å². The molecule has 0 spiro atoms. The predicted molar refractivity (Wildman–Crippen MR) is 217 cm³/mol. The highest BCUT2D eigenvalue weighted by molar-refractivity contribution is 6.58. The third kappa shape index (κ3) is 6.79. The summed E-state index contributed by atoms with van der Waals surface area (Å²) in [6.07, 6.45) is 0.804. The molecule has 8 rings (SSSR count). The fraction of sp³-hybridized carbons (Fsp3) is 0.262. The van der Waals surface area contributed by atoms with Crippen LogP contribution >= 0.6 is 23.2 Å². The summed E-state index contributed by atoms with van der Waals surface area (Å²) in [5, 5.41) is 30.8. The van der Waals surface area contributed by atoms with E-state index in [0.717, 1.165) is 4.90 Å². The van der Waals surface area contributed by atoms with Gasteiger partial charge >= 0.3 is 13.3 Å². The highest BCUT2D eigenvalue weighted by atomic mass is 35.5. The van der Waals surface area contributed by atoms with Gasteiger partial charge in [-0.1, -0.05) is 71.3 Å². The van der Waals surface area contributed by atoms with Crippen LogP contribution in [0.25, 0.3) is 6.08 Å². The molecule has 61 heavy (non-hydrogen) atoms. The van der Waals surface area contributed by atoms with Crippen LogP contribution < -0.4 is 25.3 Å². The summed E-state index contributed by atoms with van der Waals surface area (Å²) < 4.78 is 51.4. The van der Waals surface area contributed by atoms with Crippen LogP contribution in [0.2, 0.25) is 10.0 Å². The van der Waals surface area contributed by atoms with E-state index in [-0.39, 0.29) is 41.2 Å². The van der Waals surface area contributed by atoms with E-state index in [1.165, 1.54) is 50.6 Å². The number of phenolic OH excluding ortho intramolecular Hbond substituents is 1. The number of ether oxygens (including phenoxy) is 2. The number of phenols is 1. The smallest absolute Gasteiger partial charge is 0.488 e. The molecule has 0 bridgehead atoms. The molecule has 13 nitrogen and oxygen atoms in total. The van der Waals surface area contributed by atoms with Crippen molar-refractivity contribution in [2.75, 3.05) is 24.5 Å². The lowest BCUT2D eigenvalue weighted by Crippen LogP contribution is -2.54. The van der Waals surface area contributed by atoms with Gasteiger partial charge in [-0.05, 0) is 77.8 Å². The number of nitrogens with one attached hydrogen (secondary N) is 1. The van der Waals surface area contributed by atoms with Crippen molar-refractivity contribution in [2.24, 2.45) is 29.6 Å². The Labute approximate surface area is 356 Å². The minimum Gasteiger partial charge on any atom is -0.502 e. The van der Waals surface area contributed by atoms with Gasteiger partial charge in [0.05, 0.1) is 53.7 Å². The third-order valence-electron chi connectivity index (χ3n) is 12.0. The number of pyridine rings is 1. The van der Waals surface area contributed by atoms with Crippen LogP contribution in [-0.2, 0) is 30.8 Å². The van der Waals surface area contributed by atoms with Crippen molar-refractivity contribution < 1.29 is 57.0 Å². The number of imide groups is 2. The van der Waals surface area contributed by atoms with E-state index < -0.39 is 88.3 Å². The van der Waals surface area contributed by atoms with Crippen LogP contribution in [0.4, 0.5) is 24.7 Å². The number of methoxy groups -OCH3 is 2. The summed E-state index contributed by atoms with van der Waals surface area (Å²) in [4.78, 5) is 63.8. The number of rotatable bonds is 9. The van der Waals surface area contributed by atoms with E-state index in [1.54, 1.807) is 42.5 Å². The number of carbonyl (C=O) groups is 4. The predicted octanol–water partition coefficient (Wildman–Crippen LogP) is 5.55. The number of aromatic nitrogens is 1. The minimum absolute atomic E-state index is 0.0511. The number of aromatic hydroxyl groups is 1. The van der Waals surface area contributed by atoms with Crippen LogP contribution in [0.15, 0.2) is 90.7 Å². The van der Waals surface area contributed by atoms with E-state index in [1.807, 2.05) is 0 Å². The Kier molecular flexibility index (Phi) is 10.7. The van der Waals surface area contributed by atoms with E-state index in [9.17, 15) is 42.7 Å². The van der Waals surface area contributed by atoms with E-state index in [0.29, 0.717) is 39.0 Å². The number of hydrogen-bond donors (Lipinski definition) is 4. The first-order valence-electron chi connectivity index (χ1n) is 18.8. The molecule has 0 unspecified atom stereocenters. The van der Waals surface area contributed by atoms with Gasteiger partial charge in [0, 0.05) is 17.1 Å². The summed E-state index contributed by atoms with van der Waals surface area (Å²) >= 11 is 12.6. The van der Waals surface area contributed by atoms with Gasteiger partial charge in [-0.15, -0.1) is 0 Å². The lowest BCUT2D eigenvalue weighted by Gasteiger charge is -2.49. The summed E-state index contributed by atoms with van der Waals surface area (Å²) in [5.74, 6) is -8.24. The number of alkyl halides is 3. The van der Waals surface area contributed by atoms with E-state index in [2.05, 4.69) is 10.4 Å². The molecule has 2 aliphatic carbocycles. The molecular weight excluding hydrogens is 843 g/mol. The number of benzene rings is 3. The highest BCUT2D eigenvalue weighted by Crippen LogP contribution is 2.62. The van der Waals surface area contributed by atoms with Crippen molar-refractivity contribution in [1.82, 2.24) is 9.99 Å². The first-order valence-corrected chi connectivity index (χ1v) is 19.6. The number of carbonyl (C=O) groups excluding carboxylic acids is 4. The molecule has 4 N–H and O–H groups in total. The zero-order valence-corrected chi connectivity index (χ0v) is 33.6. The zero-order chi connectivity index (χ0) is 43.7. The number of halogens is 5. The third-order valence-corrected chi connectivity index (χ3v) is 12.6. The lowest BCUT2D eigenvalue weighted by molar-refractivity contribution is -0.139. The summed E-state index contributed by atoms with van der Waals surface area (Å²) in [5.41, 5.74) is 1.18. The Morgan fingerprint density at radius 2 is 1.62 bits per heavy atom. The first-order chi connectivity index (χ1) is 29.0. The first kappa shape index (κ1) is 41.8. The van der Waals surface area contributed by atoms with Crippen molar-refractivity contribution >= 4 is 77.0 Å². The molecule has 3 aromatic carbocycles. The van der Waals surface area contributed by atoms with Crippen molar-refractivity contribution in [3.63, 3.8) is 0 Å². The fourth-order valence-corrected chi connectivity index (χ4v) is 9.66. The average Bonchev–Trinajstić information content (AvgIpc) is 3.61. The normalized spacial score (nSPS) is 24.7. The molecule has 19 heteroatoms. The Morgan fingerprint density at radius 3 is 2.25 bits per heavy atom. The molecule has 3 fully saturated rings. The zero-order valence-electron chi connectivity index (χ0n) is 32.1. The molecule has 4 amide bonds. The second kappa shape index (κ2) is 15.5. The Hall–Kier alpha value is -5.88. The molecule has 2 saturated heterocycles.